The fourth-order valence-corrected chi connectivity index (χ4v) is 3.07. The van der Waals surface area contributed by atoms with Gasteiger partial charge in [-0.25, -0.2) is 0 Å². The summed E-state index contributed by atoms with van der Waals surface area (Å²) in [6, 6.07) is 11.8. The van der Waals surface area contributed by atoms with Gasteiger partial charge in [-0.15, -0.1) is 0 Å². The molecule has 4 nitrogen and oxygen atoms in total. The van der Waals surface area contributed by atoms with Gasteiger partial charge < -0.3 is 10.2 Å². The highest BCUT2D eigenvalue weighted by molar-refractivity contribution is 6.01. The highest BCUT2D eigenvalue weighted by Crippen LogP contribution is 2.28. The van der Waals surface area contributed by atoms with Gasteiger partial charge in [0.2, 0.25) is 11.8 Å². The molecule has 0 radical (unpaired) electrons. The van der Waals surface area contributed by atoms with E-state index in [0.717, 1.165) is 33.6 Å². The van der Waals surface area contributed by atoms with Crippen molar-refractivity contribution in [2.75, 3.05) is 17.3 Å². The molecule has 2 aromatic carbocycles. The molecule has 0 aliphatic carbocycles. The molecule has 1 aliphatic rings. The van der Waals surface area contributed by atoms with E-state index in [1.807, 2.05) is 44.2 Å². The number of likely N-dealkylation sites (N-methyl/N-ethyl adjacent to an activating group) is 1. The number of carbonyl (C=O) groups is 2. The Morgan fingerprint density at radius 1 is 1.13 bits per heavy atom. The van der Waals surface area contributed by atoms with Crippen molar-refractivity contribution in [3.8, 4) is 0 Å². The molecule has 0 saturated heterocycles. The molecule has 118 valence electrons. The average molecular weight is 308 g/mol. The summed E-state index contributed by atoms with van der Waals surface area (Å²) < 4.78 is 0. The van der Waals surface area contributed by atoms with Crippen LogP contribution in [-0.4, -0.2) is 18.9 Å². The summed E-state index contributed by atoms with van der Waals surface area (Å²) in [7, 11) is 1.78. The Labute approximate surface area is 136 Å². The molecule has 1 N–H and O–H groups in total. The average Bonchev–Trinajstić information content (AvgIpc) is 2.72. The van der Waals surface area contributed by atoms with Crippen LogP contribution in [0, 0.1) is 13.8 Å². The van der Waals surface area contributed by atoms with E-state index in [9.17, 15) is 9.59 Å². The molecule has 0 unspecified atom stereocenters. The van der Waals surface area contributed by atoms with E-state index in [4.69, 9.17) is 0 Å². The number of anilines is 2. The van der Waals surface area contributed by atoms with Crippen molar-refractivity contribution in [2.24, 2.45) is 0 Å². The number of amides is 2. The van der Waals surface area contributed by atoms with Crippen LogP contribution in [0.1, 0.15) is 22.3 Å². The second kappa shape index (κ2) is 5.88. The summed E-state index contributed by atoms with van der Waals surface area (Å²) >= 11 is 0. The minimum atomic E-state index is -0.0485. The molecular weight excluding hydrogens is 288 g/mol. The summed E-state index contributed by atoms with van der Waals surface area (Å²) in [5.74, 6) is 0.0458. The smallest absolute Gasteiger partial charge is 0.231 e. The number of fused-ring (bicyclic) bond motifs is 1. The zero-order chi connectivity index (χ0) is 16.6. The zero-order valence-electron chi connectivity index (χ0n) is 13.6. The minimum Gasteiger partial charge on any atom is -0.326 e. The molecular formula is C19H20N2O2. The van der Waals surface area contributed by atoms with Crippen LogP contribution in [0.15, 0.2) is 36.4 Å². The Bertz CT molecular complexity index is 776. The molecule has 4 heteroatoms. The summed E-state index contributed by atoms with van der Waals surface area (Å²) in [5, 5.41) is 2.94. The Hall–Kier alpha value is -2.62. The van der Waals surface area contributed by atoms with Crippen molar-refractivity contribution < 1.29 is 9.59 Å². The van der Waals surface area contributed by atoms with Crippen LogP contribution in [0.5, 0.6) is 0 Å². The van der Waals surface area contributed by atoms with Gasteiger partial charge in [0.05, 0.1) is 12.8 Å². The number of hydrogen-bond acceptors (Lipinski definition) is 2. The third-order valence-corrected chi connectivity index (χ3v) is 4.09. The first-order chi connectivity index (χ1) is 10.9. The van der Waals surface area contributed by atoms with Crippen LogP contribution in [0.3, 0.4) is 0 Å². The highest BCUT2D eigenvalue weighted by Gasteiger charge is 2.24. The van der Waals surface area contributed by atoms with Crippen LogP contribution >= 0.6 is 0 Å². The minimum absolute atomic E-state index is 0.0485. The molecule has 0 bridgehead atoms. The molecule has 0 spiro atoms. The lowest BCUT2D eigenvalue weighted by molar-refractivity contribution is -0.117. The van der Waals surface area contributed by atoms with E-state index in [1.165, 1.54) is 0 Å². The Balaban J connectivity index is 1.71. The molecule has 0 atom stereocenters. The molecule has 23 heavy (non-hydrogen) atoms. The van der Waals surface area contributed by atoms with Crippen molar-refractivity contribution in [1.29, 1.82) is 0 Å². The van der Waals surface area contributed by atoms with Crippen molar-refractivity contribution in [1.82, 2.24) is 0 Å². The summed E-state index contributed by atoms with van der Waals surface area (Å²) in [6.07, 6.45) is 0.719. The third-order valence-electron chi connectivity index (χ3n) is 4.09. The zero-order valence-corrected chi connectivity index (χ0v) is 13.6. The predicted molar refractivity (Wildman–Crippen MR) is 91.8 cm³/mol. The highest BCUT2D eigenvalue weighted by atomic mass is 16.2. The van der Waals surface area contributed by atoms with Gasteiger partial charge in [0, 0.05) is 18.4 Å². The van der Waals surface area contributed by atoms with Gasteiger partial charge in [0.25, 0.3) is 0 Å². The van der Waals surface area contributed by atoms with Crippen LogP contribution < -0.4 is 10.2 Å². The molecule has 1 aliphatic heterocycles. The van der Waals surface area contributed by atoms with Gasteiger partial charge in [0.1, 0.15) is 0 Å². The number of hydrogen-bond donors (Lipinski definition) is 1. The third kappa shape index (κ3) is 3.26. The molecule has 3 rings (SSSR count). The predicted octanol–water partition coefficient (Wildman–Crippen LogP) is 3.00. The lowest BCUT2D eigenvalue weighted by atomic mass is 10.1. The Morgan fingerprint density at radius 3 is 2.52 bits per heavy atom. The lowest BCUT2D eigenvalue weighted by Gasteiger charge is -2.11. The number of aryl methyl sites for hydroxylation is 2. The van der Waals surface area contributed by atoms with Gasteiger partial charge in [-0.3, -0.25) is 9.59 Å². The first kappa shape index (κ1) is 15.3. The van der Waals surface area contributed by atoms with Gasteiger partial charge in [-0.05, 0) is 54.3 Å². The van der Waals surface area contributed by atoms with Crippen LogP contribution in [-0.2, 0) is 22.4 Å². The van der Waals surface area contributed by atoms with Crippen molar-refractivity contribution in [2.45, 2.75) is 26.7 Å². The van der Waals surface area contributed by atoms with Gasteiger partial charge in [-0.2, -0.15) is 0 Å². The van der Waals surface area contributed by atoms with E-state index < -0.39 is 0 Å². The molecule has 1 heterocycles. The number of benzene rings is 2. The molecule has 0 fully saturated rings. The molecule has 0 saturated carbocycles. The monoisotopic (exact) mass is 308 g/mol. The maximum atomic E-state index is 12.2. The Morgan fingerprint density at radius 2 is 1.83 bits per heavy atom. The van der Waals surface area contributed by atoms with Crippen molar-refractivity contribution in [3.63, 3.8) is 0 Å². The lowest BCUT2D eigenvalue weighted by Crippen LogP contribution is -2.20. The van der Waals surface area contributed by atoms with Gasteiger partial charge in [-0.1, -0.05) is 18.2 Å². The molecule has 2 aromatic rings. The van der Waals surface area contributed by atoms with E-state index in [1.54, 1.807) is 11.9 Å². The number of nitrogens with one attached hydrogen (secondary N) is 1. The second-order valence-electron chi connectivity index (χ2n) is 6.19. The molecule has 0 aromatic heterocycles. The van der Waals surface area contributed by atoms with Gasteiger partial charge in [0.15, 0.2) is 0 Å². The maximum Gasteiger partial charge on any atom is 0.231 e. The first-order valence-electron chi connectivity index (χ1n) is 7.69. The second-order valence-corrected chi connectivity index (χ2v) is 6.19. The van der Waals surface area contributed by atoms with E-state index in [0.29, 0.717) is 12.8 Å². The molecule has 2 amide bonds. The SMILES string of the molecule is Cc1cc(C)cc(NC(=O)Cc2ccc3c(c2)CC(=O)N3C)c1. The summed E-state index contributed by atoms with van der Waals surface area (Å²) in [6.45, 7) is 4.02. The number of nitrogens with zero attached hydrogens (tertiary/aromatic N) is 1. The van der Waals surface area contributed by atoms with Crippen LogP contribution in [0.2, 0.25) is 0 Å². The first-order valence-corrected chi connectivity index (χ1v) is 7.69. The van der Waals surface area contributed by atoms with Crippen molar-refractivity contribution in [3.05, 3.63) is 58.7 Å². The standard InChI is InChI=1S/C19H20N2O2/c1-12-6-13(2)8-16(7-12)20-18(22)10-14-4-5-17-15(9-14)11-19(23)21(17)3/h4-9H,10-11H2,1-3H3,(H,20,22). The number of carbonyl (C=O) groups excluding carboxylic acids is 2. The number of rotatable bonds is 3. The topological polar surface area (TPSA) is 49.4 Å². The van der Waals surface area contributed by atoms with Gasteiger partial charge >= 0.3 is 0 Å². The quantitative estimate of drug-likeness (QED) is 0.947. The normalized spacial score (nSPS) is 13.2. The largest absolute Gasteiger partial charge is 0.326 e. The fourth-order valence-electron chi connectivity index (χ4n) is 3.07. The summed E-state index contributed by atoms with van der Waals surface area (Å²) in [5.41, 5.74) is 5.93. The Kier molecular flexibility index (Phi) is 3.90. The van der Waals surface area contributed by atoms with E-state index >= 15 is 0 Å². The maximum absolute atomic E-state index is 12.2. The van der Waals surface area contributed by atoms with Crippen LogP contribution in [0.25, 0.3) is 0 Å². The van der Waals surface area contributed by atoms with Crippen molar-refractivity contribution >= 4 is 23.2 Å². The summed E-state index contributed by atoms with van der Waals surface area (Å²) in [4.78, 5) is 25.6. The fraction of sp³-hybridized carbons (Fsp3) is 0.263. The van der Waals surface area contributed by atoms with E-state index in [2.05, 4.69) is 11.4 Å². The van der Waals surface area contributed by atoms with E-state index in [-0.39, 0.29) is 11.8 Å². The van der Waals surface area contributed by atoms with Crippen LogP contribution in [0.4, 0.5) is 11.4 Å².